The Bertz CT molecular complexity index is 842. The molecule has 29 heavy (non-hydrogen) atoms. The molecule has 7 nitrogen and oxygen atoms in total. The fourth-order valence-corrected chi connectivity index (χ4v) is 3.51. The van der Waals surface area contributed by atoms with Gasteiger partial charge in [0, 0.05) is 31.6 Å². The fourth-order valence-electron chi connectivity index (χ4n) is 3.51. The second-order valence-electron chi connectivity index (χ2n) is 6.76. The van der Waals surface area contributed by atoms with Crippen LogP contribution in [0.25, 0.3) is 0 Å². The van der Waals surface area contributed by atoms with Gasteiger partial charge >= 0.3 is 0 Å². The number of hydrogen-bond donors (Lipinski definition) is 1. The van der Waals surface area contributed by atoms with E-state index in [1.807, 2.05) is 19.1 Å². The molecule has 1 atom stereocenters. The smallest absolute Gasteiger partial charge is 0.274 e. The first-order chi connectivity index (χ1) is 13.6. The number of guanidine groups is 1. The van der Waals surface area contributed by atoms with Crippen LogP contribution in [0, 0.1) is 10.1 Å². The van der Waals surface area contributed by atoms with Gasteiger partial charge in [0.05, 0.1) is 24.1 Å². The van der Waals surface area contributed by atoms with Crippen molar-refractivity contribution in [1.82, 2.24) is 10.2 Å². The van der Waals surface area contributed by atoms with Crippen LogP contribution in [-0.2, 0) is 6.54 Å². The molecule has 0 bridgehead atoms. The van der Waals surface area contributed by atoms with Crippen LogP contribution in [0.4, 0.5) is 5.69 Å². The second kappa shape index (κ2) is 11.0. The Kier molecular flexibility index (Phi) is 8.69. The number of hydrogen-bond acceptors (Lipinski definition) is 4. The highest BCUT2D eigenvalue weighted by Crippen LogP contribution is 2.28. The van der Waals surface area contributed by atoms with Gasteiger partial charge in [0.1, 0.15) is 5.75 Å². The van der Waals surface area contributed by atoms with E-state index in [2.05, 4.69) is 27.3 Å². The zero-order valence-electron chi connectivity index (χ0n) is 16.7. The third-order valence-electron chi connectivity index (χ3n) is 5.00. The maximum Gasteiger partial charge on any atom is 0.274 e. The molecule has 1 aliphatic heterocycles. The van der Waals surface area contributed by atoms with E-state index >= 15 is 0 Å². The van der Waals surface area contributed by atoms with E-state index < -0.39 is 0 Å². The minimum atomic E-state index is -0.354. The highest BCUT2D eigenvalue weighted by Gasteiger charge is 2.26. The normalized spacial score (nSPS) is 16.3. The van der Waals surface area contributed by atoms with E-state index in [1.54, 1.807) is 25.3 Å². The molecule has 3 rings (SSSR count). The molecule has 1 aliphatic rings. The lowest BCUT2D eigenvalue weighted by atomic mass is 9.98. The number of nitrogens with zero attached hydrogens (tertiary/aromatic N) is 3. The van der Waals surface area contributed by atoms with Crippen molar-refractivity contribution in [2.75, 3.05) is 26.7 Å². The summed E-state index contributed by atoms with van der Waals surface area (Å²) in [5, 5.41) is 14.5. The highest BCUT2D eigenvalue weighted by atomic mass is 127. The number of methoxy groups -OCH3 is 1. The average Bonchev–Trinajstić information content (AvgIpc) is 3.21. The lowest BCUT2D eigenvalue weighted by molar-refractivity contribution is -0.385. The Balaban J connectivity index is 0.00000300. The summed E-state index contributed by atoms with van der Waals surface area (Å²) in [6, 6.07) is 15.0. The summed E-state index contributed by atoms with van der Waals surface area (Å²) >= 11 is 0. The zero-order valence-corrected chi connectivity index (χ0v) is 19.0. The number of aliphatic imine (C=N–C) groups is 1. The van der Waals surface area contributed by atoms with Gasteiger partial charge in [-0.1, -0.05) is 30.3 Å². The topological polar surface area (TPSA) is 80.0 Å². The minimum absolute atomic E-state index is 0. The number of ether oxygens (including phenoxy) is 1. The van der Waals surface area contributed by atoms with Crippen LogP contribution in [0.5, 0.6) is 5.75 Å². The number of benzene rings is 2. The van der Waals surface area contributed by atoms with Gasteiger partial charge < -0.3 is 15.0 Å². The van der Waals surface area contributed by atoms with Crippen molar-refractivity contribution in [2.45, 2.75) is 25.8 Å². The van der Waals surface area contributed by atoms with Crippen LogP contribution in [0.2, 0.25) is 0 Å². The predicted molar refractivity (Wildman–Crippen MR) is 125 cm³/mol. The largest absolute Gasteiger partial charge is 0.497 e. The molecule has 1 fully saturated rings. The summed E-state index contributed by atoms with van der Waals surface area (Å²) in [6.07, 6.45) is 1.04. The molecule has 1 N–H and O–H groups in total. The van der Waals surface area contributed by atoms with Crippen molar-refractivity contribution in [2.24, 2.45) is 4.99 Å². The monoisotopic (exact) mass is 510 g/mol. The predicted octanol–water partition coefficient (Wildman–Crippen LogP) is 4.18. The first kappa shape index (κ1) is 22.9. The summed E-state index contributed by atoms with van der Waals surface area (Å²) in [5.41, 5.74) is 2.02. The summed E-state index contributed by atoms with van der Waals surface area (Å²) in [5.74, 6) is 2.09. The summed E-state index contributed by atoms with van der Waals surface area (Å²) in [6.45, 7) is 4.83. The molecular weight excluding hydrogens is 483 g/mol. The Morgan fingerprint density at radius 1 is 1.28 bits per heavy atom. The number of nitrogens with one attached hydrogen (secondary N) is 1. The van der Waals surface area contributed by atoms with E-state index in [0.717, 1.165) is 37.8 Å². The molecule has 0 saturated carbocycles. The molecule has 1 saturated heterocycles. The van der Waals surface area contributed by atoms with Crippen molar-refractivity contribution in [3.63, 3.8) is 0 Å². The molecule has 0 aromatic heterocycles. The maximum absolute atomic E-state index is 11.2. The van der Waals surface area contributed by atoms with Crippen molar-refractivity contribution in [3.05, 3.63) is 69.8 Å². The summed E-state index contributed by atoms with van der Waals surface area (Å²) in [7, 11) is 1.67. The van der Waals surface area contributed by atoms with Crippen molar-refractivity contribution < 1.29 is 9.66 Å². The summed E-state index contributed by atoms with van der Waals surface area (Å²) in [4.78, 5) is 17.8. The molecule has 2 aromatic carbocycles. The van der Waals surface area contributed by atoms with Gasteiger partial charge in [-0.25, -0.2) is 4.99 Å². The minimum Gasteiger partial charge on any atom is -0.497 e. The van der Waals surface area contributed by atoms with Gasteiger partial charge in [-0.15, -0.1) is 24.0 Å². The molecular formula is C21H27IN4O3. The van der Waals surface area contributed by atoms with E-state index in [9.17, 15) is 10.1 Å². The number of halogens is 1. The number of nitro benzene ring substituents is 1. The third-order valence-corrected chi connectivity index (χ3v) is 5.00. The molecule has 0 radical (unpaired) electrons. The quantitative estimate of drug-likeness (QED) is 0.208. The first-order valence-corrected chi connectivity index (χ1v) is 9.52. The number of nitro groups is 1. The van der Waals surface area contributed by atoms with Crippen molar-refractivity contribution in [3.8, 4) is 5.75 Å². The van der Waals surface area contributed by atoms with E-state index in [0.29, 0.717) is 11.5 Å². The second-order valence-corrected chi connectivity index (χ2v) is 6.76. The highest BCUT2D eigenvalue weighted by molar-refractivity contribution is 14.0. The SMILES string of the molecule is CCNC(=NCc1ccccc1[N+](=O)[O-])N1CCC(c2ccc(OC)cc2)C1.I. The van der Waals surface area contributed by atoms with Crippen LogP contribution >= 0.6 is 24.0 Å². The number of para-hydroxylation sites is 1. The Morgan fingerprint density at radius 3 is 2.66 bits per heavy atom. The fraction of sp³-hybridized carbons (Fsp3) is 0.381. The van der Waals surface area contributed by atoms with E-state index in [1.165, 1.54) is 11.6 Å². The summed E-state index contributed by atoms with van der Waals surface area (Å²) < 4.78 is 5.24. The van der Waals surface area contributed by atoms with Gasteiger partial charge in [0.2, 0.25) is 0 Å². The van der Waals surface area contributed by atoms with Crippen molar-refractivity contribution in [1.29, 1.82) is 0 Å². The molecule has 0 amide bonds. The van der Waals surface area contributed by atoms with Gasteiger partial charge in [-0.2, -0.15) is 0 Å². The standard InChI is InChI=1S/C21H26N4O3.HI/c1-3-22-21(23-14-17-6-4-5-7-20(17)25(26)27)24-13-12-18(15-24)16-8-10-19(28-2)11-9-16;/h4-11,18H,3,12-15H2,1-2H3,(H,22,23);1H. The van der Waals surface area contributed by atoms with Gasteiger partial charge in [0.15, 0.2) is 5.96 Å². The van der Waals surface area contributed by atoms with Crippen LogP contribution in [0.3, 0.4) is 0 Å². The lowest BCUT2D eigenvalue weighted by Gasteiger charge is -2.22. The zero-order chi connectivity index (χ0) is 19.9. The van der Waals surface area contributed by atoms with Gasteiger partial charge in [0.25, 0.3) is 5.69 Å². The van der Waals surface area contributed by atoms with Gasteiger partial charge in [-0.05, 0) is 31.0 Å². The first-order valence-electron chi connectivity index (χ1n) is 9.52. The maximum atomic E-state index is 11.2. The van der Waals surface area contributed by atoms with Crippen LogP contribution in [0.15, 0.2) is 53.5 Å². The molecule has 1 unspecified atom stereocenters. The van der Waals surface area contributed by atoms with Crippen LogP contribution in [-0.4, -0.2) is 42.5 Å². The van der Waals surface area contributed by atoms with Gasteiger partial charge in [-0.3, -0.25) is 10.1 Å². The Hall–Kier alpha value is -2.36. The van der Waals surface area contributed by atoms with E-state index in [4.69, 9.17) is 4.74 Å². The van der Waals surface area contributed by atoms with Crippen LogP contribution in [0.1, 0.15) is 30.4 Å². The molecule has 8 heteroatoms. The Morgan fingerprint density at radius 2 is 2.00 bits per heavy atom. The van der Waals surface area contributed by atoms with Crippen LogP contribution < -0.4 is 10.1 Å². The molecule has 0 spiro atoms. The number of rotatable bonds is 6. The molecule has 0 aliphatic carbocycles. The molecule has 156 valence electrons. The molecule has 1 heterocycles. The lowest BCUT2D eigenvalue weighted by Crippen LogP contribution is -2.40. The molecule has 2 aromatic rings. The average molecular weight is 510 g/mol. The van der Waals surface area contributed by atoms with E-state index in [-0.39, 0.29) is 41.1 Å². The van der Waals surface area contributed by atoms with Crippen molar-refractivity contribution >= 4 is 35.6 Å². The third kappa shape index (κ3) is 5.81. The Labute approximate surface area is 188 Å². The number of likely N-dealkylation sites (tertiary alicyclic amines) is 1.